The molecule has 5 atom stereocenters. The van der Waals surface area contributed by atoms with E-state index in [1.54, 1.807) is 13.8 Å². The second kappa shape index (κ2) is 13.8. The number of thioether (sulfide) groups is 1. The first-order valence-electron chi connectivity index (χ1n) is 10.5. The number of nitrogens with one attached hydrogen (secondary N) is 4. The Kier molecular flexibility index (Phi) is 11.9. The van der Waals surface area contributed by atoms with Crippen LogP contribution in [0.25, 0.3) is 0 Å². The van der Waals surface area contributed by atoms with Crippen LogP contribution in [0.3, 0.4) is 0 Å². The minimum atomic E-state index is -1.23. The fraction of sp³-hybridized carbons (Fsp3) is 0.650. The smallest absolute Gasteiger partial charge is 0.326 e. The Bertz CT molecular complexity index is 788. The van der Waals surface area contributed by atoms with Crippen molar-refractivity contribution in [2.75, 3.05) is 12.0 Å². The number of carboxylic acid groups (broad SMARTS) is 1. The fourth-order valence-corrected chi connectivity index (χ4v) is 3.33. The van der Waals surface area contributed by atoms with E-state index in [9.17, 15) is 29.4 Å². The van der Waals surface area contributed by atoms with Gasteiger partial charge in [0.2, 0.25) is 17.7 Å². The second-order valence-corrected chi connectivity index (χ2v) is 9.01. The lowest BCUT2D eigenvalue weighted by molar-refractivity contribution is -0.142. The topological polar surface area (TPSA) is 200 Å². The minimum Gasteiger partial charge on any atom is -0.480 e. The first-order chi connectivity index (χ1) is 15.5. The number of aliphatic hydroxyl groups excluding tert-OH is 1. The summed E-state index contributed by atoms with van der Waals surface area (Å²) >= 11 is 1.45. The number of carbonyl (C=O) groups is 4. The van der Waals surface area contributed by atoms with E-state index in [1.807, 2.05) is 6.26 Å². The van der Waals surface area contributed by atoms with Gasteiger partial charge in [0, 0.05) is 18.3 Å². The molecule has 0 aliphatic carbocycles. The van der Waals surface area contributed by atoms with Gasteiger partial charge in [0.25, 0.3) is 0 Å². The molecule has 8 N–H and O–H groups in total. The van der Waals surface area contributed by atoms with Crippen molar-refractivity contribution in [2.45, 2.75) is 63.9 Å². The Morgan fingerprint density at radius 3 is 2.21 bits per heavy atom. The maximum absolute atomic E-state index is 13.0. The van der Waals surface area contributed by atoms with E-state index in [4.69, 9.17) is 5.73 Å². The van der Waals surface area contributed by atoms with Gasteiger partial charge in [0.1, 0.15) is 24.2 Å². The molecule has 1 rings (SSSR count). The van der Waals surface area contributed by atoms with Gasteiger partial charge in [-0.3, -0.25) is 14.4 Å². The number of imidazole rings is 1. The summed E-state index contributed by atoms with van der Waals surface area (Å²) in [7, 11) is 0. The van der Waals surface area contributed by atoms with E-state index >= 15 is 0 Å². The molecule has 0 aliphatic rings. The van der Waals surface area contributed by atoms with Crippen LogP contribution in [0.5, 0.6) is 0 Å². The van der Waals surface area contributed by atoms with Gasteiger partial charge in [-0.1, -0.05) is 13.8 Å². The van der Waals surface area contributed by atoms with Crippen molar-refractivity contribution in [1.82, 2.24) is 25.9 Å². The highest BCUT2D eigenvalue weighted by Crippen LogP contribution is 2.07. The predicted molar refractivity (Wildman–Crippen MR) is 123 cm³/mol. The molecule has 33 heavy (non-hydrogen) atoms. The van der Waals surface area contributed by atoms with Crippen LogP contribution in [0, 0.1) is 5.92 Å². The molecule has 5 unspecified atom stereocenters. The van der Waals surface area contributed by atoms with Crippen molar-refractivity contribution >= 4 is 35.5 Å². The van der Waals surface area contributed by atoms with Crippen molar-refractivity contribution in [3.63, 3.8) is 0 Å². The molecule has 1 aromatic rings. The molecule has 1 aromatic heterocycles. The fourth-order valence-electron chi connectivity index (χ4n) is 2.86. The Balaban J connectivity index is 3.02. The number of amides is 3. The zero-order valence-corrected chi connectivity index (χ0v) is 20.0. The van der Waals surface area contributed by atoms with Gasteiger partial charge in [-0.15, -0.1) is 0 Å². The van der Waals surface area contributed by atoms with Gasteiger partial charge in [-0.25, -0.2) is 9.78 Å². The zero-order valence-electron chi connectivity index (χ0n) is 19.2. The Morgan fingerprint density at radius 1 is 1.09 bits per heavy atom. The first kappa shape index (κ1) is 28.4. The lowest BCUT2D eigenvalue weighted by atomic mass is 10.0. The maximum atomic E-state index is 13.0. The molecular formula is C20H34N6O6S. The molecule has 13 heteroatoms. The van der Waals surface area contributed by atoms with Crippen LogP contribution >= 0.6 is 11.8 Å². The summed E-state index contributed by atoms with van der Waals surface area (Å²) in [6, 6.07) is -4.50. The van der Waals surface area contributed by atoms with Crippen molar-refractivity contribution in [2.24, 2.45) is 11.7 Å². The van der Waals surface area contributed by atoms with Crippen LogP contribution in [-0.4, -0.2) is 86.2 Å². The minimum absolute atomic E-state index is 0.0262. The lowest BCUT2D eigenvalue weighted by Gasteiger charge is -2.27. The highest BCUT2D eigenvalue weighted by atomic mass is 32.2. The van der Waals surface area contributed by atoms with Crippen molar-refractivity contribution in [3.8, 4) is 0 Å². The Labute approximate surface area is 196 Å². The number of aliphatic carboxylic acids is 1. The summed E-state index contributed by atoms with van der Waals surface area (Å²) in [5.74, 6) is -3.05. The van der Waals surface area contributed by atoms with E-state index in [0.717, 1.165) is 0 Å². The maximum Gasteiger partial charge on any atom is 0.326 e. The number of H-pyrrole nitrogens is 1. The van der Waals surface area contributed by atoms with Crippen LogP contribution < -0.4 is 21.7 Å². The third-order valence-corrected chi connectivity index (χ3v) is 5.55. The van der Waals surface area contributed by atoms with Gasteiger partial charge in [0.15, 0.2) is 0 Å². The molecule has 0 aliphatic heterocycles. The van der Waals surface area contributed by atoms with Crippen molar-refractivity contribution in [1.29, 1.82) is 0 Å². The van der Waals surface area contributed by atoms with Crippen molar-refractivity contribution in [3.05, 3.63) is 18.2 Å². The normalized spacial score (nSPS) is 15.7. The van der Waals surface area contributed by atoms with E-state index in [1.165, 1.54) is 31.2 Å². The molecule has 0 fully saturated rings. The standard InChI is InChI=1S/C20H34N6O6S/c1-10(2)16(26-18(29)15(21)11(3)27)19(30)25-14(7-12-8-22-9-23-12)17(28)24-13(20(31)32)5-6-33-4/h8-11,13-16,27H,5-7,21H2,1-4H3,(H,22,23)(H,24,28)(H,25,30)(H,26,29)(H,31,32). The monoisotopic (exact) mass is 486 g/mol. The average Bonchev–Trinajstić information content (AvgIpc) is 3.25. The first-order valence-corrected chi connectivity index (χ1v) is 11.9. The molecule has 0 aromatic carbocycles. The Morgan fingerprint density at radius 2 is 1.73 bits per heavy atom. The molecule has 0 bridgehead atoms. The molecule has 0 spiro atoms. The number of aliphatic hydroxyl groups is 1. The highest BCUT2D eigenvalue weighted by molar-refractivity contribution is 7.98. The SMILES string of the molecule is CSCCC(NC(=O)C(Cc1cnc[nH]1)NC(=O)C(NC(=O)C(N)C(C)O)C(C)C)C(=O)O. The number of nitrogens with two attached hydrogens (primary N) is 1. The summed E-state index contributed by atoms with van der Waals surface area (Å²) in [6.45, 7) is 4.76. The third-order valence-electron chi connectivity index (χ3n) is 4.91. The lowest BCUT2D eigenvalue weighted by Crippen LogP contribution is -2.59. The molecule has 0 saturated carbocycles. The molecule has 1 heterocycles. The average molecular weight is 487 g/mol. The number of rotatable bonds is 14. The van der Waals surface area contributed by atoms with Crippen LogP contribution in [0.4, 0.5) is 0 Å². The van der Waals surface area contributed by atoms with Gasteiger partial charge in [0.05, 0.1) is 12.4 Å². The Hall–Kier alpha value is -2.64. The number of aromatic amines is 1. The van der Waals surface area contributed by atoms with Crippen LogP contribution in [0.15, 0.2) is 12.5 Å². The van der Waals surface area contributed by atoms with Crippen LogP contribution in [0.2, 0.25) is 0 Å². The summed E-state index contributed by atoms with van der Waals surface area (Å²) in [6.07, 6.45) is 3.85. The molecule has 3 amide bonds. The van der Waals surface area contributed by atoms with E-state index in [0.29, 0.717) is 11.4 Å². The van der Waals surface area contributed by atoms with E-state index < -0.39 is 54.0 Å². The van der Waals surface area contributed by atoms with Gasteiger partial charge in [-0.2, -0.15) is 11.8 Å². The highest BCUT2D eigenvalue weighted by Gasteiger charge is 2.32. The number of hydrogen-bond acceptors (Lipinski definition) is 8. The number of carbonyl (C=O) groups excluding carboxylic acids is 3. The summed E-state index contributed by atoms with van der Waals surface area (Å²) in [5.41, 5.74) is 6.19. The van der Waals surface area contributed by atoms with Crippen LogP contribution in [0.1, 0.15) is 32.9 Å². The molecule has 12 nitrogen and oxygen atoms in total. The molecule has 0 radical (unpaired) electrons. The number of nitrogens with zero attached hydrogens (tertiary/aromatic N) is 1. The largest absolute Gasteiger partial charge is 0.480 e. The second-order valence-electron chi connectivity index (χ2n) is 8.02. The summed E-state index contributed by atoms with van der Waals surface area (Å²) in [5, 5.41) is 26.5. The number of carboxylic acids is 1. The van der Waals surface area contributed by atoms with Gasteiger partial charge in [-0.05, 0) is 31.3 Å². The summed E-state index contributed by atoms with van der Waals surface area (Å²) < 4.78 is 0. The van der Waals surface area contributed by atoms with Crippen LogP contribution in [-0.2, 0) is 25.6 Å². The van der Waals surface area contributed by atoms with Gasteiger partial charge < -0.3 is 36.9 Å². The number of aromatic nitrogens is 2. The third kappa shape index (κ3) is 9.40. The quantitative estimate of drug-likeness (QED) is 0.165. The molecule has 0 saturated heterocycles. The molecule has 186 valence electrons. The molecular weight excluding hydrogens is 452 g/mol. The van der Waals surface area contributed by atoms with E-state index in [2.05, 4.69) is 25.9 Å². The van der Waals surface area contributed by atoms with Gasteiger partial charge >= 0.3 is 5.97 Å². The predicted octanol–water partition coefficient (Wildman–Crippen LogP) is -1.39. The number of hydrogen-bond donors (Lipinski definition) is 7. The van der Waals surface area contributed by atoms with E-state index in [-0.39, 0.29) is 18.8 Å². The van der Waals surface area contributed by atoms with Crippen molar-refractivity contribution < 1.29 is 29.4 Å². The zero-order chi connectivity index (χ0) is 25.1. The summed E-state index contributed by atoms with van der Waals surface area (Å²) in [4.78, 5) is 56.4.